The molecule has 0 aromatic heterocycles. The summed E-state index contributed by atoms with van der Waals surface area (Å²) in [6, 6.07) is 5.23. The minimum atomic E-state index is 0.216. The second-order valence-corrected chi connectivity index (χ2v) is 4.60. The lowest BCUT2D eigenvalue weighted by atomic mass is 10.2. The minimum absolute atomic E-state index is 0.216. The molecular weight excluding hydrogens is 238 g/mol. The normalized spacial score (nSPS) is 10.6. The Balaban J connectivity index is 2.70. The quantitative estimate of drug-likeness (QED) is 0.732. The number of benzene rings is 1. The van der Waals surface area contributed by atoms with Gasteiger partial charge in [-0.2, -0.15) is 0 Å². The van der Waals surface area contributed by atoms with Gasteiger partial charge in [-0.05, 0) is 32.0 Å². The summed E-state index contributed by atoms with van der Waals surface area (Å²) in [6.07, 6.45) is 1.05. The maximum atomic E-state index is 10.9. The van der Waals surface area contributed by atoms with E-state index in [-0.39, 0.29) is 6.10 Å². The Morgan fingerprint density at radius 1 is 1.47 bits per heavy atom. The largest absolute Gasteiger partial charge is 0.377 e. The van der Waals surface area contributed by atoms with Gasteiger partial charge in [0.1, 0.15) is 0 Å². The van der Waals surface area contributed by atoms with Crippen molar-refractivity contribution >= 4 is 23.6 Å². The number of nitrogens with zero attached hydrogens (tertiary/aromatic N) is 1. The van der Waals surface area contributed by atoms with Gasteiger partial charge in [-0.15, -0.1) is 0 Å². The highest BCUT2D eigenvalue weighted by Gasteiger charge is 2.08. The highest BCUT2D eigenvalue weighted by atomic mass is 35.5. The van der Waals surface area contributed by atoms with E-state index >= 15 is 0 Å². The van der Waals surface area contributed by atoms with Crippen LogP contribution in [0.4, 0.5) is 5.69 Å². The first-order chi connectivity index (χ1) is 8.04. The average Bonchev–Trinajstić information content (AvgIpc) is 2.28. The van der Waals surface area contributed by atoms with E-state index in [1.165, 1.54) is 0 Å². The van der Waals surface area contributed by atoms with E-state index in [0.29, 0.717) is 17.2 Å². The van der Waals surface area contributed by atoms with E-state index in [1.807, 2.05) is 25.8 Å². The van der Waals surface area contributed by atoms with E-state index < -0.39 is 0 Å². The fourth-order valence-corrected chi connectivity index (χ4v) is 1.66. The van der Waals surface area contributed by atoms with Crippen LogP contribution in [0.5, 0.6) is 0 Å². The molecule has 4 heteroatoms. The van der Waals surface area contributed by atoms with Gasteiger partial charge in [0.15, 0.2) is 6.29 Å². The Bertz CT molecular complexity index is 380. The Hall–Kier alpha value is -1.06. The Morgan fingerprint density at radius 3 is 2.76 bits per heavy atom. The molecule has 0 spiro atoms. The Labute approximate surface area is 107 Å². The highest BCUT2D eigenvalue weighted by molar-refractivity contribution is 6.31. The second kappa shape index (κ2) is 6.62. The monoisotopic (exact) mass is 255 g/mol. The van der Waals surface area contributed by atoms with E-state index in [1.54, 1.807) is 18.2 Å². The summed E-state index contributed by atoms with van der Waals surface area (Å²) in [5.74, 6) is 0. The molecule has 0 fully saturated rings. The van der Waals surface area contributed by atoms with Crippen molar-refractivity contribution in [2.75, 3.05) is 25.1 Å². The van der Waals surface area contributed by atoms with Gasteiger partial charge in [0, 0.05) is 29.9 Å². The highest BCUT2D eigenvalue weighted by Crippen LogP contribution is 2.22. The summed E-state index contributed by atoms with van der Waals surface area (Å²) in [5.41, 5.74) is 1.47. The number of carbonyl (C=O) groups excluding carboxylic acids is 1. The molecular formula is C13H18ClNO2. The fraction of sp³-hybridized carbons (Fsp3) is 0.462. The first-order valence-electron chi connectivity index (χ1n) is 5.62. The molecule has 0 saturated heterocycles. The summed E-state index contributed by atoms with van der Waals surface area (Å²) in [6.45, 7) is 5.34. The predicted octanol–water partition coefficient (Wildman–Crippen LogP) is 3.01. The van der Waals surface area contributed by atoms with Gasteiger partial charge in [0.2, 0.25) is 0 Å². The van der Waals surface area contributed by atoms with Crippen molar-refractivity contribution in [1.82, 2.24) is 0 Å². The number of likely N-dealkylation sites (N-methyl/N-ethyl adjacent to an activating group) is 1. The van der Waals surface area contributed by atoms with Gasteiger partial charge in [-0.1, -0.05) is 11.6 Å². The molecule has 0 aliphatic rings. The number of halogens is 1. The van der Waals surface area contributed by atoms with Crippen LogP contribution in [0.2, 0.25) is 5.02 Å². The fourth-order valence-electron chi connectivity index (χ4n) is 1.49. The van der Waals surface area contributed by atoms with Crippen LogP contribution in [-0.2, 0) is 4.74 Å². The first kappa shape index (κ1) is 14.0. The molecule has 94 valence electrons. The molecule has 0 aliphatic heterocycles. The second-order valence-electron chi connectivity index (χ2n) is 4.16. The van der Waals surface area contributed by atoms with E-state index in [4.69, 9.17) is 16.3 Å². The molecule has 0 N–H and O–H groups in total. The van der Waals surface area contributed by atoms with E-state index in [0.717, 1.165) is 18.5 Å². The third kappa shape index (κ3) is 4.36. The van der Waals surface area contributed by atoms with Gasteiger partial charge in [0.25, 0.3) is 0 Å². The summed E-state index contributed by atoms with van der Waals surface area (Å²) >= 11 is 5.93. The molecule has 1 rings (SSSR count). The molecule has 0 radical (unpaired) electrons. The Kier molecular flexibility index (Phi) is 5.45. The number of hydrogen-bond donors (Lipinski definition) is 0. The summed E-state index contributed by atoms with van der Waals surface area (Å²) in [4.78, 5) is 12.9. The van der Waals surface area contributed by atoms with Crippen molar-refractivity contribution in [3.63, 3.8) is 0 Å². The molecule has 17 heavy (non-hydrogen) atoms. The maximum absolute atomic E-state index is 10.9. The van der Waals surface area contributed by atoms with Crippen molar-refractivity contribution in [1.29, 1.82) is 0 Å². The van der Waals surface area contributed by atoms with Crippen molar-refractivity contribution in [3.05, 3.63) is 28.8 Å². The van der Waals surface area contributed by atoms with Crippen molar-refractivity contribution in [3.8, 4) is 0 Å². The van der Waals surface area contributed by atoms with E-state index in [2.05, 4.69) is 0 Å². The van der Waals surface area contributed by atoms with Crippen LogP contribution in [0.3, 0.4) is 0 Å². The zero-order valence-electron chi connectivity index (χ0n) is 10.4. The van der Waals surface area contributed by atoms with Crippen LogP contribution >= 0.6 is 11.6 Å². The Morgan fingerprint density at radius 2 is 2.18 bits per heavy atom. The maximum Gasteiger partial charge on any atom is 0.152 e. The number of anilines is 1. The van der Waals surface area contributed by atoms with Crippen molar-refractivity contribution in [2.45, 2.75) is 20.0 Å². The molecule has 0 unspecified atom stereocenters. The lowest BCUT2D eigenvalue weighted by molar-refractivity contribution is 0.0845. The zero-order valence-corrected chi connectivity index (χ0v) is 11.2. The standard InChI is InChI=1S/C13H18ClNO2/c1-10(2)17-7-6-15(3)13-8-12(14)5-4-11(13)9-16/h4-5,8-10H,6-7H2,1-3H3. The summed E-state index contributed by atoms with van der Waals surface area (Å²) in [5, 5.41) is 0.627. The number of aldehydes is 1. The predicted molar refractivity (Wildman–Crippen MR) is 71.2 cm³/mol. The molecule has 0 bridgehead atoms. The van der Waals surface area contributed by atoms with Crippen LogP contribution in [0.15, 0.2) is 18.2 Å². The first-order valence-corrected chi connectivity index (χ1v) is 6.00. The van der Waals surface area contributed by atoms with Crippen LogP contribution in [0.1, 0.15) is 24.2 Å². The number of carbonyl (C=O) groups is 1. The summed E-state index contributed by atoms with van der Waals surface area (Å²) in [7, 11) is 1.92. The van der Waals surface area contributed by atoms with Gasteiger partial charge >= 0.3 is 0 Å². The summed E-state index contributed by atoms with van der Waals surface area (Å²) < 4.78 is 5.47. The van der Waals surface area contributed by atoms with E-state index in [9.17, 15) is 4.79 Å². The zero-order chi connectivity index (χ0) is 12.8. The SMILES string of the molecule is CC(C)OCCN(C)c1cc(Cl)ccc1C=O. The number of rotatable bonds is 6. The van der Waals surface area contributed by atoms with Crippen LogP contribution in [0.25, 0.3) is 0 Å². The molecule has 0 aliphatic carbocycles. The smallest absolute Gasteiger partial charge is 0.152 e. The molecule has 1 aromatic carbocycles. The molecule has 0 saturated carbocycles. The third-order valence-electron chi connectivity index (χ3n) is 2.41. The van der Waals surface area contributed by atoms with Crippen molar-refractivity contribution < 1.29 is 9.53 Å². The average molecular weight is 256 g/mol. The molecule has 3 nitrogen and oxygen atoms in total. The molecule has 0 atom stereocenters. The van der Waals surface area contributed by atoms with Crippen LogP contribution < -0.4 is 4.90 Å². The third-order valence-corrected chi connectivity index (χ3v) is 2.64. The van der Waals surface area contributed by atoms with Crippen molar-refractivity contribution in [2.24, 2.45) is 0 Å². The van der Waals surface area contributed by atoms with Gasteiger partial charge in [0.05, 0.1) is 12.7 Å². The van der Waals surface area contributed by atoms with Crippen LogP contribution in [0, 0.1) is 0 Å². The number of hydrogen-bond acceptors (Lipinski definition) is 3. The van der Waals surface area contributed by atoms with Gasteiger partial charge < -0.3 is 9.64 Å². The molecule has 0 amide bonds. The lowest BCUT2D eigenvalue weighted by Gasteiger charge is -2.21. The van der Waals surface area contributed by atoms with Gasteiger partial charge in [-0.3, -0.25) is 4.79 Å². The molecule has 1 aromatic rings. The van der Waals surface area contributed by atoms with Gasteiger partial charge in [-0.25, -0.2) is 0 Å². The minimum Gasteiger partial charge on any atom is -0.377 e. The topological polar surface area (TPSA) is 29.5 Å². The molecule has 0 heterocycles. The van der Waals surface area contributed by atoms with Crippen LogP contribution in [-0.4, -0.2) is 32.6 Å². The number of ether oxygens (including phenoxy) is 1. The lowest BCUT2D eigenvalue weighted by Crippen LogP contribution is -2.24.